The van der Waals surface area contributed by atoms with Crippen LogP contribution in [0.3, 0.4) is 0 Å². The minimum absolute atomic E-state index is 0.916. The van der Waals surface area contributed by atoms with E-state index < -0.39 is 0 Å². The molecule has 4 rings (SSSR count). The maximum absolute atomic E-state index is 4.76. The van der Waals surface area contributed by atoms with Crippen LogP contribution in [0.5, 0.6) is 0 Å². The molecular weight excluding hydrogens is 260 g/mol. The lowest BCUT2D eigenvalue weighted by molar-refractivity contribution is 0.928. The van der Waals surface area contributed by atoms with Crippen LogP contribution in [0.4, 0.5) is 0 Å². The fraction of sp³-hybridized carbons (Fsp3) is 0.176. The molecule has 0 radical (unpaired) electrons. The Bertz CT molecular complexity index is 958. The minimum atomic E-state index is 0.916. The van der Waals surface area contributed by atoms with E-state index in [0.29, 0.717) is 0 Å². The van der Waals surface area contributed by atoms with Gasteiger partial charge in [0, 0.05) is 20.3 Å². The normalized spacial score (nSPS) is 11.6. The van der Waals surface area contributed by atoms with E-state index in [9.17, 15) is 0 Å². The zero-order chi connectivity index (χ0) is 14.6. The Balaban J connectivity index is 2.00. The molecule has 21 heavy (non-hydrogen) atoms. The molecule has 4 heteroatoms. The summed E-state index contributed by atoms with van der Waals surface area (Å²) in [6.07, 6.45) is 1.99. The van der Waals surface area contributed by atoms with Gasteiger partial charge in [-0.05, 0) is 24.6 Å². The smallest absolute Gasteiger partial charge is 0.161 e. The molecule has 0 aliphatic heterocycles. The predicted molar refractivity (Wildman–Crippen MR) is 85.2 cm³/mol. The van der Waals surface area contributed by atoms with Crippen molar-refractivity contribution in [3.8, 4) is 11.3 Å². The van der Waals surface area contributed by atoms with Crippen LogP contribution < -0.4 is 0 Å². The summed E-state index contributed by atoms with van der Waals surface area (Å²) in [6, 6.07) is 12.7. The van der Waals surface area contributed by atoms with E-state index in [2.05, 4.69) is 41.8 Å². The first-order chi connectivity index (χ1) is 10.1. The van der Waals surface area contributed by atoms with Crippen LogP contribution in [0.2, 0.25) is 0 Å². The molecule has 104 valence electrons. The van der Waals surface area contributed by atoms with Gasteiger partial charge in [0.1, 0.15) is 11.0 Å². The van der Waals surface area contributed by atoms with Gasteiger partial charge in [-0.15, -0.1) is 0 Å². The Labute approximate surface area is 122 Å². The minimum Gasteiger partial charge on any atom is -0.334 e. The van der Waals surface area contributed by atoms with Gasteiger partial charge in [0.25, 0.3) is 0 Å². The largest absolute Gasteiger partial charge is 0.334 e. The highest BCUT2D eigenvalue weighted by molar-refractivity contribution is 5.87. The number of aryl methyl sites for hydroxylation is 3. The number of rotatable bonds is 1. The zero-order valence-corrected chi connectivity index (χ0v) is 12.3. The van der Waals surface area contributed by atoms with Crippen molar-refractivity contribution in [1.82, 2.24) is 19.1 Å². The number of benzene rings is 1. The third-order valence-corrected chi connectivity index (χ3v) is 4.00. The van der Waals surface area contributed by atoms with Crippen molar-refractivity contribution in [2.24, 2.45) is 14.1 Å². The Morgan fingerprint density at radius 1 is 0.857 bits per heavy atom. The maximum Gasteiger partial charge on any atom is 0.161 e. The molecule has 0 N–H and O–H groups in total. The molecule has 3 aromatic heterocycles. The average molecular weight is 276 g/mol. The van der Waals surface area contributed by atoms with Gasteiger partial charge in [-0.3, -0.25) is 0 Å². The van der Waals surface area contributed by atoms with Crippen molar-refractivity contribution in [1.29, 1.82) is 0 Å². The molecule has 0 bridgehead atoms. The molecule has 0 aliphatic carbocycles. The van der Waals surface area contributed by atoms with Crippen LogP contribution in [0.15, 0.2) is 42.6 Å². The number of hydrogen-bond donors (Lipinski definition) is 0. The Morgan fingerprint density at radius 2 is 1.62 bits per heavy atom. The lowest BCUT2D eigenvalue weighted by Crippen LogP contribution is -1.96. The summed E-state index contributed by atoms with van der Waals surface area (Å²) < 4.78 is 4.11. The van der Waals surface area contributed by atoms with E-state index >= 15 is 0 Å². The fourth-order valence-corrected chi connectivity index (χ4v) is 2.75. The number of fused-ring (bicyclic) bond motifs is 2. The first kappa shape index (κ1) is 12.1. The lowest BCUT2D eigenvalue weighted by atomic mass is 10.1. The molecule has 1 aromatic carbocycles. The van der Waals surface area contributed by atoms with Crippen LogP contribution in [0, 0.1) is 6.92 Å². The first-order valence-electron chi connectivity index (χ1n) is 6.99. The van der Waals surface area contributed by atoms with Gasteiger partial charge >= 0.3 is 0 Å². The van der Waals surface area contributed by atoms with Gasteiger partial charge < -0.3 is 9.13 Å². The highest BCUT2D eigenvalue weighted by Crippen LogP contribution is 2.27. The summed E-state index contributed by atoms with van der Waals surface area (Å²) in [7, 11) is 4.04. The lowest BCUT2D eigenvalue weighted by Gasteiger charge is -2.04. The van der Waals surface area contributed by atoms with Crippen LogP contribution >= 0.6 is 0 Å². The van der Waals surface area contributed by atoms with Crippen molar-refractivity contribution in [3.63, 3.8) is 0 Å². The van der Waals surface area contributed by atoms with Gasteiger partial charge in [-0.25, -0.2) is 9.97 Å². The van der Waals surface area contributed by atoms with Crippen molar-refractivity contribution in [3.05, 3.63) is 48.2 Å². The number of hydrogen-bond acceptors (Lipinski definition) is 2. The van der Waals surface area contributed by atoms with Gasteiger partial charge in [0.2, 0.25) is 0 Å². The molecule has 4 nitrogen and oxygen atoms in total. The van der Waals surface area contributed by atoms with Crippen molar-refractivity contribution >= 4 is 22.3 Å². The highest BCUT2D eigenvalue weighted by atomic mass is 15.1. The molecule has 0 unspecified atom stereocenters. The van der Waals surface area contributed by atoms with E-state index in [1.54, 1.807) is 0 Å². The molecule has 4 aromatic rings. The summed E-state index contributed by atoms with van der Waals surface area (Å²) >= 11 is 0. The molecule has 0 atom stereocenters. The molecule has 0 saturated carbocycles. The van der Waals surface area contributed by atoms with Crippen LogP contribution in [-0.4, -0.2) is 19.1 Å². The van der Waals surface area contributed by atoms with Gasteiger partial charge in [0.15, 0.2) is 11.3 Å². The van der Waals surface area contributed by atoms with Crippen molar-refractivity contribution in [2.45, 2.75) is 6.92 Å². The molecular formula is C17H16N4. The van der Waals surface area contributed by atoms with Gasteiger partial charge in [0.05, 0.1) is 5.69 Å². The topological polar surface area (TPSA) is 35.6 Å². The SMILES string of the molecule is Cc1ccc(-c2cc3nc4ccn(C)c4nc3n2C)cc1. The number of nitrogens with zero attached hydrogens (tertiary/aromatic N) is 4. The second-order valence-corrected chi connectivity index (χ2v) is 5.52. The predicted octanol–water partition coefficient (Wildman–Crippen LogP) is 3.44. The van der Waals surface area contributed by atoms with Gasteiger partial charge in [-0.1, -0.05) is 29.8 Å². The van der Waals surface area contributed by atoms with Crippen LogP contribution in [-0.2, 0) is 14.1 Å². The molecule has 0 amide bonds. The zero-order valence-electron chi connectivity index (χ0n) is 12.3. The van der Waals surface area contributed by atoms with E-state index in [-0.39, 0.29) is 0 Å². The fourth-order valence-electron chi connectivity index (χ4n) is 2.75. The Hall–Kier alpha value is -2.62. The first-order valence-corrected chi connectivity index (χ1v) is 6.99. The summed E-state index contributed by atoms with van der Waals surface area (Å²) in [4.78, 5) is 9.48. The third kappa shape index (κ3) is 1.76. The maximum atomic E-state index is 4.76. The van der Waals surface area contributed by atoms with E-state index in [1.165, 1.54) is 11.1 Å². The Kier molecular flexibility index (Phi) is 2.42. The summed E-state index contributed by atoms with van der Waals surface area (Å²) in [6.45, 7) is 2.10. The average Bonchev–Trinajstić information content (AvgIpc) is 3.00. The second kappa shape index (κ2) is 4.19. The number of aromatic nitrogens is 4. The highest BCUT2D eigenvalue weighted by Gasteiger charge is 2.12. The molecule has 0 aliphatic rings. The molecule has 0 saturated heterocycles. The molecule has 0 fully saturated rings. The van der Waals surface area contributed by atoms with E-state index in [0.717, 1.165) is 28.0 Å². The summed E-state index contributed by atoms with van der Waals surface area (Å²) in [5.74, 6) is 0. The monoisotopic (exact) mass is 276 g/mol. The van der Waals surface area contributed by atoms with Crippen LogP contribution in [0.1, 0.15) is 5.56 Å². The quantitative estimate of drug-likeness (QED) is 0.534. The summed E-state index contributed by atoms with van der Waals surface area (Å²) in [5.41, 5.74) is 7.30. The van der Waals surface area contributed by atoms with Crippen molar-refractivity contribution < 1.29 is 0 Å². The summed E-state index contributed by atoms with van der Waals surface area (Å²) in [5, 5.41) is 0. The molecule has 0 spiro atoms. The Morgan fingerprint density at radius 3 is 2.38 bits per heavy atom. The van der Waals surface area contributed by atoms with Crippen molar-refractivity contribution in [2.75, 3.05) is 0 Å². The standard InChI is InChI=1S/C17H16N4/c1-11-4-6-12(7-5-11)15-10-14-17(21(15)3)19-16-13(18-14)8-9-20(16)2/h4-10H,1-3H3. The molecule has 3 heterocycles. The van der Waals surface area contributed by atoms with Crippen LogP contribution in [0.25, 0.3) is 33.6 Å². The van der Waals surface area contributed by atoms with Gasteiger partial charge in [-0.2, -0.15) is 0 Å². The second-order valence-electron chi connectivity index (χ2n) is 5.52. The van der Waals surface area contributed by atoms with E-state index in [4.69, 9.17) is 9.97 Å². The third-order valence-electron chi connectivity index (χ3n) is 4.00. The van der Waals surface area contributed by atoms with E-state index in [1.807, 2.05) is 30.9 Å².